The quantitative estimate of drug-likeness (QED) is 0.598. The van der Waals surface area contributed by atoms with E-state index in [-0.39, 0.29) is 5.56 Å². The number of rotatable bonds is 2. The Hall–Kier alpha value is -3.08. The third-order valence-electron chi connectivity index (χ3n) is 4.06. The molecule has 0 aliphatic heterocycles. The SMILES string of the molecule is CN(C)c1ccc2[nH]c(-c3c[nH]c4ccccc34)nc(=O)c2c1. The summed E-state index contributed by atoms with van der Waals surface area (Å²) in [5.74, 6) is 0.581. The second kappa shape index (κ2) is 4.98. The van der Waals surface area contributed by atoms with E-state index in [2.05, 4.69) is 15.0 Å². The normalized spacial score (nSPS) is 11.2. The molecule has 0 aliphatic carbocycles. The van der Waals surface area contributed by atoms with Crippen LogP contribution >= 0.6 is 0 Å². The fourth-order valence-electron chi connectivity index (χ4n) is 2.81. The fourth-order valence-corrected chi connectivity index (χ4v) is 2.81. The molecule has 0 bridgehead atoms. The number of hydrogen-bond donors (Lipinski definition) is 2. The molecule has 0 aliphatic rings. The number of anilines is 1. The first-order valence-electron chi connectivity index (χ1n) is 7.41. The molecule has 0 saturated heterocycles. The van der Waals surface area contributed by atoms with Crippen molar-refractivity contribution in [3.63, 3.8) is 0 Å². The predicted octanol–water partition coefficient (Wildman–Crippen LogP) is 3.14. The lowest BCUT2D eigenvalue weighted by atomic mass is 10.1. The van der Waals surface area contributed by atoms with Gasteiger partial charge in [-0.15, -0.1) is 0 Å². The van der Waals surface area contributed by atoms with Gasteiger partial charge in [0.05, 0.1) is 10.9 Å². The number of fused-ring (bicyclic) bond motifs is 2. The van der Waals surface area contributed by atoms with Crippen LogP contribution in [-0.2, 0) is 0 Å². The molecule has 0 radical (unpaired) electrons. The van der Waals surface area contributed by atoms with E-state index in [1.165, 1.54) is 0 Å². The number of hydrogen-bond acceptors (Lipinski definition) is 3. The van der Waals surface area contributed by atoms with Crippen LogP contribution in [0.5, 0.6) is 0 Å². The highest BCUT2D eigenvalue weighted by Gasteiger charge is 2.11. The van der Waals surface area contributed by atoms with Gasteiger partial charge in [0.1, 0.15) is 5.82 Å². The lowest BCUT2D eigenvalue weighted by Crippen LogP contribution is -2.12. The van der Waals surface area contributed by atoms with Crippen LogP contribution in [0.2, 0.25) is 0 Å². The zero-order valence-electron chi connectivity index (χ0n) is 12.9. The van der Waals surface area contributed by atoms with Gasteiger partial charge in [0.15, 0.2) is 0 Å². The van der Waals surface area contributed by atoms with Crippen LogP contribution in [0.15, 0.2) is 53.5 Å². The Morgan fingerprint density at radius 2 is 1.83 bits per heavy atom. The highest BCUT2D eigenvalue weighted by molar-refractivity contribution is 5.94. The van der Waals surface area contributed by atoms with Crippen molar-refractivity contribution in [3.8, 4) is 11.4 Å². The molecule has 0 amide bonds. The second-order valence-corrected chi connectivity index (χ2v) is 5.76. The van der Waals surface area contributed by atoms with Crippen molar-refractivity contribution in [2.45, 2.75) is 0 Å². The van der Waals surface area contributed by atoms with Gasteiger partial charge in [-0.05, 0) is 24.3 Å². The zero-order valence-corrected chi connectivity index (χ0v) is 12.9. The van der Waals surface area contributed by atoms with Gasteiger partial charge in [-0.25, -0.2) is 0 Å². The van der Waals surface area contributed by atoms with Crippen LogP contribution in [0.4, 0.5) is 5.69 Å². The average molecular weight is 304 g/mol. The Morgan fingerprint density at radius 1 is 1.00 bits per heavy atom. The summed E-state index contributed by atoms with van der Waals surface area (Å²) in [5, 5.41) is 1.64. The number of benzene rings is 2. The van der Waals surface area contributed by atoms with Gasteiger partial charge in [-0.3, -0.25) is 4.79 Å². The number of para-hydroxylation sites is 1. The molecule has 2 aromatic carbocycles. The van der Waals surface area contributed by atoms with Crippen molar-refractivity contribution in [2.75, 3.05) is 19.0 Å². The summed E-state index contributed by atoms with van der Waals surface area (Å²) in [4.78, 5) is 25.1. The van der Waals surface area contributed by atoms with Crippen LogP contribution < -0.4 is 10.5 Å². The topological polar surface area (TPSA) is 64.8 Å². The summed E-state index contributed by atoms with van der Waals surface area (Å²) in [6.07, 6.45) is 1.88. The highest BCUT2D eigenvalue weighted by Crippen LogP contribution is 2.26. The third-order valence-corrected chi connectivity index (χ3v) is 4.06. The summed E-state index contributed by atoms with van der Waals surface area (Å²) < 4.78 is 0. The van der Waals surface area contributed by atoms with E-state index in [1.54, 1.807) is 0 Å². The molecule has 2 heterocycles. The molecule has 2 aromatic heterocycles. The molecule has 0 saturated carbocycles. The minimum atomic E-state index is -0.220. The van der Waals surface area contributed by atoms with E-state index < -0.39 is 0 Å². The average Bonchev–Trinajstić information content (AvgIpc) is 2.98. The largest absolute Gasteiger partial charge is 0.378 e. The summed E-state index contributed by atoms with van der Waals surface area (Å²) >= 11 is 0. The number of nitrogens with zero attached hydrogens (tertiary/aromatic N) is 2. The molecule has 5 heteroatoms. The lowest BCUT2D eigenvalue weighted by molar-refractivity contribution is 1.13. The Kier molecular flexibility index (Phi) is 2.94. The van der Waals surface area contributed by atoms with Crippen molar-refractivity contribution in [3.05, 3.63) is 59.0 Å². The standard InChI is InChI=1S/C18H16N4O/c1-22(2)11-7-8-16-13(9-11)18(23)21-17(20-16)14-10-19-15-6-4-3-5-12(14)15/h3-10,19H,1-2H3,(H,20,21,23). The molecule has 0 fully saturated rings. The lowest BCUT2D eigenvalue weighted by Gasteiger charge is -2.12. The van der Waals surface area contributed by atoms with Gasteiger partial charge in [0.25, 0.3) is 5.56 Å². The number of nitrogens with one attached hydrogen (secondary N) is 2. The number of aromatic nitrogens is 3. The molecular formula is C18H16N4O. The van der Waals surface area contributed by atoms with Gasteiger partial charge in [-0.1, -0.05) is 18.2 Å². The van der Waals surface area contributed by atoms with Crippen molar-refractivity contribution in [1.82, 2.24) is 15.0 Å². The van der Waals surface area contributed by atoms with E-state index in [0.717, 1.165) is 27.7 Å². The van der Waals surface area contributed by atoms with Crippen LogP contribution in [-0.4, -0.2) is 29.0 Å². The van der Waals surface area contributed by atoms with Gasteiger partial charge in [0, 0.05) is 42.4 Å². The van der Waals surface area contributed by atoms with E-state index in [9.17, 15) is 4.79 Å². The van der Waals surface area contributed by atoms with E-state index in [0.29, 0.717) is 11.2 Å². The zero-order chi connectivity index (χ0) is 16.0. The summed E-state index contributed by atoms with van der Waals surface area (Å²) in [7, 11) is 3.90. The van der Waals surface area contributed by atoms with Crippen molar-refractivity contribution < 1.29 is 0 Å². The van der Waals surface area contributed by atoms with Crippen LogP contribution in [0.25, 0.3) is 33.2 Å². The van der Waals surface area contributed by atoms with Gasteiger partial charge in [-0.2, -0.15) is 4.98 Å². The second-order valence-electron chi connectivity index (χ2n) is 5.76. The van der Waals surface area contributed by atoms with E-state index in [1.807, 2.05) is 67.7 Å². The maximum Gasteiger partial charge on any atom is 0.281 e. The molecule has 0 spiro atoms. The van der Waals surface area contributed by atoms with Gasteiger partial charge in [0.2, 0.25) is 0 Å². The van der Waals surface area contributed by atoms with Crippen molar-refractivity contribution in [1.29, 1.82) is 0 Å². The first-order valence-corrected chi connectivity index (χ1v) is 7.41. The maximum atomic E-state index is 12.4. The monoisotopic (exact) mass is 304 g/mol. The minimum Gasteiger partial charge on any atom is -0.378 e. The molecule has 4 rings (SSSR count). The van der Waals surface area contributed by atoms with Crippen molar-refractivity contribution in [2.24, 2.45) is 0 Å². The van der Waals surface area contributed by atoms with Crippen LogP contribution in [0.3, 0.4) is 0 Å². The molecular weight excluding hydrogens is 288 g/mol. The molecule has 4 aromatic rings. The first kappa shape index (κ1) is 13.6. The maximum absolute atomic E-state index is 12.4. The van der Waals surface area contributed by atoms with E-state index in [4.69, 9.17) is 0 Å². The molecule has 5 nitrogen and oxygen atoms in total. The molecule has 0 atom stereocenters. The first-order chi connectivity index (χ1) is 11.1. The summed E-state index contributed by atoms with van der Waals surface area (Å²) in [5.41, 5.74) is 3.47. The number of H-pyrrole nitrogens is 2. The Balaban J connectivity index is 1.95. The molecule has 0 unspecified atom stereocenters. The molecule has 2 N–H and O–H groups in total. The smallest absolute Gasteiger partial charge is 0.281 e. The Bertz CT molecular complexity index is 1080. The van der Waals surface area contributed by atoms with Crippen LogP contribution in [0.1, 0.15) is 0 Å². The van der Waals surface area contributed by atoms with Gasteiger partial charge >= 0.3 is 0 Å². The minimum absolute atomic E-state index is 0.220. The highest BCUT2D eigenvalue weighted by atomic mass is 16.1. The predicted molar refractivity (Wildman–Crippen MR) is 94.0 cm³/mol. The van der Waals surface area contributed by atoms with Crippen LogP contribution in [0, 0.1) is 0 Å². The molecule has 114 valence electrons. The Labute approximate surface area is 132 Å². The summed E-state index contributed by atoms with van der Waals surface area (Å²) in [6, 6.07) is 13.7. The Morgan fingerprint density at radius 3 is 2.65 bits per heavy atom. The molecule has 23 heavy (non-hydrogen) atoms. The van der Waals surface area contributed by atoms with Gasteiger partial charge < -0.3 is 14.9 Å². The summed E-state index contributed by atoms with van der Waals surface area (Å²) in [6.45, 7) is 0. The third kappa shape index (κ3) is 2.17. The van der Waals surface area contributed by atoms with E-state index >= 15 is 0 Å². The number of aromatic amines is 2. The fraction of sp³-hybridized carbons (Fsp3) is 0.111. The van der Waals surface area contributed by atoms with Crippen molar-refractivity contribution >= 4 is 27.5 Å².